The van der Waals surface area contributed by atoms with Crippen LogP contribution in [0.1, 0.15) is 29.7 Å². The van der Waals surface area contributed by atoms with Gasteiger partial charge in [0.05, 0.1) is 5.52 Å². The molecule has 0 unspecified atom stereocenters. The number of amides is 1. The Hall–Kier alpha value is -2.66. The molecule has 27 heavy (non-hydrogen) atoms. The molecule has 4 nitrogen and oxygen atoms in total. The fourth-order valence-corrected chi connectivity index (χ4v) is 4.09. The van der Waals surface area contributed by atoms with Gasteiger partial charge >= 0.3 is 0 Å². The van der Waals surface area contributed by atoms with Gasteiger partial charge in [0.25, 0.3) is 0 Å². The summed E-state index contributed by atoms with van der Waals surface area (Å²) in [5.41, 5.74) is 2.95. The number of rotatable bonds is 4. The molecule has 1 aliphatic rings. The average molecular weight is 378 g/mol. The van der Waals surface area contributed by atoms with Gasteiger partial charge in [-0.3, -0.25) is 4.79 Å². The average Bonchev–Trinajstić information content (AvgIpc) is 3.21. The first-order chi connectivity index (χ1) is 13.2. The highest BCUT2D eigenvalue weighted by Gasteiger charge is 2.14. The van der Waals surface area contributed by atoms with E-state index in [9.17, 15) is 4.79 Å². The van der Waals surface area contributed by atoms with E-state index < -0.39 is 0 Å². The van der Waals surface area contributed by atoms with Gasteiger partial charge < -0.3 is 10.2 Å². The van der Waals surface area contributed by atoms with Gasteiger partial charge in [0, 0.05) is 35.1 Å². The molecule has 0 spiro atoms. The number of pyridine rings is 1. The van der Waals surface area contributed by atoms with Crippen LogP contribution in [0.3, 0.4) is 0 Å². The summed E-state index contributed by atoms with van der Waals surface area (Å²) in [4.78, 5) is 20.5. The molecule has 0 atom stereocenters. The number of carbonyl (C=O) groups excluding carboxylic acids is 1. The highest BCUT2D eigenvalue weighted by Crippen LogP contribution is 2.27. The zero-order valence-corrected chi connectivity index (χ0v) is 16.3. The molecule has 1 amide bonds. The number of carbonyl (C=O) groups is 1. The second-order valence-corrected chi connectivity index (χ2v) is 7.89. The van der Waals surface area contributed by atoms with Crippen molar-refractivity contribution in [2.24, 2.45) is 0 Å². The van der Waals surface area contributed by atoms with Gasteiger partial charge in [0.2, 0.25) is 5.91 Å². The van der Waals surface area contributed by atoms with E-state index in [0.29, 0.717) is 0 Å². The zero-order chi connectivity index (χ0) is 18.6. The third-order valence-electron chi connectivity index (χ3n) is 4.89. The molecule has 0 saturated carbocycles. The van der Waals surface area contributed by atoms with Gasteiger partial charge in [-0.15, -0.1) is 11.3 Å². The summed E-state index contributed by atoms with van der Waals surface area (Å²) in [6.07, 6.45) is 7.19. The Labute approximate surface area is 163 Å². The Kier molecular flexibility index (Phi) is 5.21. The van der Waals surface area contributed by atoms with Crippen LogP contribution in [-0.4, -0.2) is 24.0 Å². The lowest BCUT2D eigenvalue weighted by Gasteiger charge is -2.28. The molecule has 5 heteroatoms. The summed E-state index contributed by atoms with van der Waals surface area (Å²) >= 11 is 1.61. The van der Waals surface area contributed by atoms with Crippen LogP contribution in [0.25, 0.3) is 17.0 Å². The standard InChI is InChI=1S/C22H23N3OS/c1-16-14-21(25-11-3-2-4-12-25)24-20-9-7-17(15-19(16)20)23-22(26)10-8-18-6-5-13-27-18/h5-10,13-15H,2-4,11-12H2,1H3,(H,23,26). The minimum absolute atomic E-state index is 0.127. The molecule has 1 saturated heterocycles. The monoisotopic (exact) mass is 377 g/mol. The van der Waals surface area contributed by atoms with Crippen molar-refractivity contribution in [3.63, 3.8) is 0 Å². The van der Waals surface area contributed by atoms with Gasteiger partial charge in [-0.1, -0.05) is 6.07 Å². The molecule has 138 valence electrons. The summed E-state index contributed by atoms with van der Waals surface area (Å²) < 4.78 is 0. The smallest absolute Gasteiger partial charge is 0.248 e. The van der Waals surface area contributed by atoms with Crippen LogP contribution < -0.4 is 10.2 Å². The summed E-state index contributed by atoms with van der Waals surface area (Å²) in [6, 6.07) is 12.0. The van der Waals surface area contributed by atoms with Crippen LogP contribution in [0.2, 0.25) is 0 Å². The first-order valence-electron chi connectivity index (χ1n) is 9.38. The van der Waals surface area contributed by atoms with E-state index in [2.05, 4.69) is 23.2 Å². The van der Waals surface area contributed by atoms with Crippen molar-refractivity contribution < 1.29 is 4.79 Å². The number of anilines is 2. The van der Waals surface area contributed by atoms with Crippen LogP contribution >= 0.6 is 11.3 Å². The summed E-state index contributed by atoms with van der Waals surface area (Å²) in [7, 11) is 0. The van der Waals surface area contributed by atoms with Gasteiger partial charge in [0.15, 0.2) is 0 Å². The molecule has 0 bridgehead atoms. The maximum atomic E-state index is 12.2. The van der Waals surface area contributed by atoms with Crippen LogP contribution in [0.4, 0.5) is 11.5 Å². The number of aryl methyl sites for hydroxylation is 1. The van der Waals surface area contributed by atoms with Crippen LogP contribution in [-0.2, 0) is 4.79 Å². The molecule has 0 radical (unpaired) electrons. The molecule has 1 aliphatic heterocycles. The first kappa shape index (κ1) is 17.7. The fourth-order valence-electron chi connectivity index (χ4n) is 3.47. The molecule has 0 aliphatic carbocycles. The fraction of sp³-hybridized carbons (Fsp3) is 0.273. The number of piperidine rings is 1. The first-order valence-corrected chi connectivity index (χ1v) is 10.3. The lowest BCUT2D eigenvalue weighted by molar-refractivity contribution is -0.111. The van der Waals surface area contributed by atoms with Gasteiger partial charge in [0.1, 0.15) is 5.82 Å². The lowest BCUT2D eigenvalue weighted by atomic mass is 10.1. The Morgan fingerprint density at radius 1 is 1.19 bits per heavy atom. The number of hydrogen-bond acceptors (Lipinski definition) is 4. The third-order valence-corrected chi connectivity index (χ3v) is 5.73. The maximum absolute atomic E-state index is 12.2. The minimum Gasteiger partial charge on any atom is -0.357 e. The Balaban J connectivity index is 1.53. The van der Waals surface area contributed by atoms with Gasteiger partial charge in [-0.2, -0.15) is 0 Å². The molecule has 4 rings (SSSR count). The predicted molar refractivity (Wildman–Crippen MR) is 115 cm³/mol. The largest absolute Gasteiger partial charge is 0.357 e. The number of nitrogens with zero attached hydrogens (tertiary/aromatic N) is 2. The SMILES string of the molecule is Cc1cc(N2CCCCC2)nc2ccc(NC(=O)C=Cc3cccs3)cc12. The minimum atomic E-state index is -0.127. The van der Waals surface area contributed by atoms with Gasteiger partial charge in [-0.25, -0.2) is 4.98 Å². The summed E-state index contributed by atoms with van der Waals surface area (Å²) in [5.74, 6) is 0.939. The van der Waals surface area contributed by atoms with Crippen molar-refractivity contribution in [2.75, 3.05) is 23.3 Å². The number of benzene rings is 1. The molecule has 2 aromatic heterocycles. The van der Waals surface area contributed by atoms with Crippen LogP contribution in [0, 0.1) is 6.92 Å². The molecule has 3 aromatic rings. The quantitative estimate of drug-likeness (QED) is 0.632. The summed E-state index contributed by atoms with van der Waals surface area (Å²) in [6.45, 7) is 4.28. The number of fused-ring (bicyclic) bond motifs is 1. The maximum Gasteiger partial charge on any atom is 0.248 e. The van der Waals surface area contributed by atoms with Gasteiger partial charge in [-0.05, 0) is 73.5 Å². The van der Waals surface area contributed by atoms with E-state index in [-0.39, 0.29) is 5.91 Å². The van der Waals surface area contributed by atoms with E-state index >= 15 is 0 Å². The molecule has 1 fully saturated rings. The molecular formula is C22H23N3OS. The molecule has 1 N–H and O–H groups in total. The van der Waals surface area contributed by atoms with Crippen molar-refractivity contribution in [3.8, 4) is 0 Å². The Bertz CT molecular complexity index is 973. The van der Waals surface area contributed by atoms with E-state index in [4.69, 9.17) is 4.98 Å². The van der Waals surface area contributed by atoms with Crippen LogP contribution in [0.15, 0.2) is 47.9 Å². The Morgan fingerprint density at radius 2 is 2.04 bits per heavy atom. The Morgan fingerprint density at radius 3 is 2.81 bits per heavy atom. The van der Waals surface area contributed by atoms with Crippen molar-refractivity contribution in [3.05, 3.63) is 58.3 Å². The topological polar surface area (TPSA) is 45.2 Å². The number of aromatic nitrogens is 1. The lowest BCUT2D eigenvalue weighted by Crippen LogP contribution is -2.30. The zero-order valence-electron chi connectivity index (χ0n) is 15.4. The van der Waals surface area contributed by atoms with Crippen molar-refractivity contribution in [1.82, 2.24) is 4.98 Å². The molecular weight excluding hydrogens is 354 g/mol. The third kappa shape index (κ3) is 4.19. The van der Waals surface area contributed by atoms with E-state index in [1.54, 1.807) is 17.4 Å². The van der Waals surface area contributed by atoms with Crippen molar-refractivity contribution in [1.29, 1.82) is 0 Å². The van der Waals surface area contributed by atoms with Crippen molar-refractivity contribution in [2.45, 2.75) is 26.2 Å². The van der Waals surface area contributed by atoms with E-state index in [0.717, 1.165) is 40.4 Å². The second-order valence-electron chi connectivity index (χ2n) is 6.91. The molecule has 1 aromatic carbocycles. The number of thiophene rings is 1. The second kappa shape index (κ2) is 7.92. The highest BCUT2D eigenvalue weighted by atomic mass is 32.1. The summed E-state index contributed by atoms with van der Waals surface area (Å²) in [5, 5.41) is 6.02. The number of hydrogen-bond donors (Lipinski definition) is 1. The van der Waals surface area contributed by atoms with E-state index in [1.807, 2.05) is 41.8 Å². The normalized spacial score (nSPS) is 14.8. The predicted octanol–water partition coefficient (Wildman–Crippen LogP) is 5.25. The van der Waals surface area contributed by atoms with Crippen LogP contribution in [0.5, 0.6) is 0 Å². The van der Waals surface area contributed by atoms with E-state index in [1.165, 1.54) is 24.8 Å². The van der Waals surface area contributed by atoms with Crippen molar-refractivity contribution >= 4 is 45.7 Å². The number of nitrogens with one attached hydrogen (secondary N) is 1. The molecule has 3 heterocycles. The highest BCUT2D eigenvalue weighted by molar-refractivity contribution is 7.10.